The number of amides is 2. The van der Waals surface area contributed by atoms with Gasteiger partial charge in [0, 0.05) is 25.4 Å². The monoisotopic (exact) mass is 579 g/mol. The van der Waals surface area contributed by atoms with Crippen molar-refractivity contribution in [2.24, 2.45) is 5.92 Å². The number of epoxide rings is 1. The summed E-state index contributed by atoms with van der Waals surface area (Å²) in [7, 11) is 1.56. The van der Waals surface area contributed by atoms with Crippen LogP contribution in [-0.4, -0.2) is 86.5 Å². The minimum atomic E-state index is -0.903. The Bertz CT molecular complexity index is 1220. The molecule has 0 radical (unpaired) electrons. The van der Waals surface area contributed by atoms with E-state index in [0.717, 1.165) is 5.56 Å². The standard InChI is InChI=1S/C32H41N3O7/c1-22(17-25(36)20-35-13-15-41-16-14-35)31(39)34-27(24-9-11-26(40-3)12-10-24)19-29(37)33-28(30(38)32(2)21-42-32)18-23-7-5-4-6-8-23/h4-12,22,27-28H,13-21H2,1-3H3,(H,33,37)(H,34,39). The number of methoxy groups -OCH3 is 1. The van der Waals surface area contributed by atoms with Crippen LogP contribution in [0.3, 0.4) is 0 Å². The highest BCUT2D eigenvalue weighted by atomic mass is 16.6. The molecule has 2 aliphatic heterocycles. The van der Waals surface area contributed by atoms with Crippen LogP contribution in [-0.2, 0) is 35.1 Å². The number of benzene rings is 2. The second-order valence-corrected chi connectivity index (χ2v) is 11.3. The predicted molar refractivity (Wildman–Crippen MR) is 156 cm³/mol. The quantitative estimate of drug-likeness (QED) is 0.308. The molecule has 10 heteroatoms. The van der Waals surface area contributed by atoms with Gasteiger partial charge < -0.3 is 24.8 Å². The number of ether oxygens (including phenoxy) is 3. The zero-order valence-electron chi connectivity index (χ0n) is 24.6. The molecule has 2 saturated heterocycles. The van der Waals surface area contributed by atoms with Crippen molar-refractivity contribution in [3.63, 3.8) is 0 Å². The lowest BCUT2D eigenvalue weighted by Gasteiger charge is -2.26. The summed E-state index contributed by atoms with van der Waals surface area (Å²) < 4.78 is 16.0. The summed E-state index contributed by atoms with van der Waals surface area (Å²) in [6.07, 6.45) is 0.325. The van der Waals surface area contributed by atoms with Crippen LogP contribution in [0.5, 0.6) is 5.75 Å². The highest BCUT2D eigenvalue weighted by molar-refractivity contribution is 5.97. The molecule has 10 nitrogen and oxygen atoms in total. The molecule has 0 bridgehead atoms. The smallest absolute Gasteiger partial charge is 0.223 e. The van der Waals surface area contributed by atoms with Gasteiger partial charge in [-0.05, 0) is 36.6 Å². The van der Waals surface area contributed by atoms with Gasteiger partial charge in [-0.3, -0.25) is 24.1 Å². The maximum Gasteiger partial charge on any atom is 0.223 e. The third kappa shape index (κ3) is 8.95. The molecule has 4 rings (SSSR count). The third-order valence-corrected chi connectivity index (χ3v) is 7.74. The summed E-state index contributed by atoms with van der Waals surface area (Å²) in [6.45, 7) is 6.62. The molecule has 2 heterocycles. The largest absolute Gasteiger partial charge is 0.497 e. The Labute approximate surface area is 247 Å². The number of nitrogens with zero attached hydrogens (tertiary/aromatic N) is 1. The molecule has 226 valence electrons. The number of Topliss-reactive ketones (excluding diaryl/α,β-unsaturated/α-hetero) is 2. The lowest BCUT2D eigenvalue weighted by atomic mass is 9.94. The average Bonchev–Trinajstić information content (AvgIpc) is 3.75. The lowest BCUT2D eigenvalue weighted by molar-refractivity contribution is -0.132. The number of carbonyl (C=O) groups is 4. The Morgan fingerprint density at radius 3 is 2.26 bits per heavy atom. The third-order valence-electron chi connectivity index (χ3n) is 7.74. The first kappa shape index (κ1) is 31.3. The molecule has 42 heavy (non-hydrogen) atoms. The van der Waals surface area contributed by atoms with Gasteiger partial charge in [-0.1, -0.05) is 49.4 Å². The van der Waals surface area contributed by atoms with Crippen LogP contribution in [0.4, 0.5) is 0 Å². The predicted octanol–water partition coefficient (Wildman–Crippen LogP) is 2.26. The van der Waals surface area contributed by atoms with Gasteiger partial charge in [0.25, 0.3) is 0 Å². The topological polar surface area (TPSA) is 127 Å². The fraction of sp³-hybridized carbons (Fsp3) is 0.500. The van der Waals surface area contributed by atoms with E-state index in [1.165, 1.54) is 0 Å². The summed E-state index contributed by atoms with van der Waals surface area (Å²) in [5, 5.41) is 5.87. The molecule has 0 spiro atoms. The summed E-state index contributed by atoms with van der Waals surface area (Å²) in [4.78, 5) is 54.6. The molecule has 4 atom stereocenters. The number of carbonyl (C=O) groups excluding carboxylic acids is 4. The Morgan fingerprint density at radius 1 is 0.976 bits per heavy atom. The van der Waals surface area contributed by atoms with Crippen LogP contribution in [0.15, 0.2) is 54.6 Å². The summed E-state index contributed by atoms with van der Waals surface area (Å²) in [6, 6.07) is 15.1. The molecule has 0 aliphatic carbocycles. The van der Waals surface area contributed by atoms with Gasteiger partial charge >= 0.3 is 0 Å². The summed E-state index contributed by atoms with van der Waals surface area (Å²) >= 11 is 0. The number of morpholine rings is 1. The molecule has 0 saturated carbocycles. The molecule has 2 aromatic carbocycles. The van der Waals surface area contributed by atoms with E-state index in [1.54, 1.807) is 45.2 Å². The Hall–Kier alpha value is -3.60. The van der Waals surface area contributed by atoms with Crippen LogP contribution < -0.4 is 15.4 Å². The van der Waals surface area contributed by atoms with Crippen molar-refractivity contribution in [1.82, 2.24) is 15.5 Å². The van der Waals surface area contributed by atoms with Gasteiger partial charge in [0.2, 0.25) is 11.8 Å². The summed E-state index contributed by atoms with van der Waals surface area (Å²) in [5.74, 6) is -0.850. The van der Waals surface area contributed by atoms with Gasteiger partial charge in [-0.15, -0.1) is 0 Å². The highest BCUT2D eigenvalue weighted by Crippen LogP contribution is 2.29. The second kappa shape index (κ2) is 14.5. The summed E-state index contributed by atoms with van der Waals surface area (Å²) in [5.41, 5.74) is 0.713. The van der Waals surface area contributed by atoms with E-state index in [9.17, 15) is 19.2 Å². The van der Waals surface area contributed by atoms with E-state index in [0.29, 0.717) is 50.6 Å². The second-order valence-electron chi connectivity index (χ2n) is 11.3. The molecule has 4 unspecified atom stereocenters. The molecule has 2 aliphatic rings. The molecular formula is C32H41N3O7. The Morgan fingerprint density at radius 2 is 1.64 bits per heavy atom. The number of rotatable bonds is 15. The van der Waals surface area contributed by atoms with E-state index in [4.69, 9.17) is 14.2 Å². The van der Waals surface area contributed by atoms with Crippen molar-refractivity contribution in [2.45, 2.75) is 50.8 Å². The van der Waals surface area contributed by atoms with E-state index in [2.05, 4.69) is 10.6 Å². The fourth-order valence-electron chi connectivity index (χ4n) is 5.03. The zero-order valence-corrected chi connectivity index (χ0v) is 24.6. The fourth-order valence-corrected chi connectivity index (χ4v) is 5.03. The first-order valence-electron chi connectivity index (χ1n) is 14.4. The number of hydrogen-bond donors (Lipinski definition) is 2. The van der Waals surface area contributed by atoms with Crippen molar-refractivity contribution in [3.8, 4) is 5.75 Å². The van der Waals surface area contributed by atoms with Gasteiger partial charge in [0.15, 0.2) is 5.78 Å². The molecule has 2 fully saturated rings. The van der Waals surface area contributed by atoms with E-state index >= 15 is 0 Å². The van der Waals surface area contributed by atoms with E-state index in [-0.39, 0.29) is 42.8 Å². The van der Waals surface area contributed by atoms with Gasteiger partial charge in [-0.25, -0.2) is 0 Å². The van der Waals surface area contributed by atoms with Crippen molar-refractivity contribution >= 4 is 23.4 Å². The van der Waals surface area contributed by atoms with Crippen molar-refractivity contribution in [2.75, 3.05) is 46.6 Å². The van der Waals surface area contributed by atoms with Crippen molar-refractivity contribution in [3.05, 3.63) is 65.7 Å². The van der Waals surface area contributed by atoms with Gasteiger partial charge in [-0.2, -0.15) is 0 Å². The minimum absolute atomic E-state index is 0.0173. The van der Waals surface area contributed by atoms with Crippen molar-refractivity contribution in [1.29, 1.82) is 0 Å². The number of ketones is 2. The minimum Gasteiger partial charge on any atom is -0.497 e. The van der Waals surface area contributed by atoms with Crippen LogP contribution in [0.1, 0.15) is 43.9 Å². The molecule has 0 aromatic heterocycles. The van der Waals surface area contributed by atoms with Gasteiger partial charge in [0.05, 0.1) is 52.0 Å². The van der Waals surface area contributed by atoms with E-state index < -0.39 is 23.6 Å². The Kier molecular flexibility index (Phi) is 10.8. The number of nitrogens with one attached hydrogen (secondary N) is 2. The zero-order chi connectivity index (χ0) is 30.1. The molecule has 2 aromatic rings. The lowest BCUT2D eigenvalue weighted by Crippen LogP contribution is -2.48. The maximum atomic E-state index is 13.4. The van der Waals surface area contributed by atoms with Crippen LogP contribution in [0, 0.1) is 5.92 Å². The highest BCUT2D eigenvalue weighted by Gasteiger charge is 2.50. The van der Waals surface area contributed by atoms with Crippen LogP contribution >= 0.6 is 0 Å². The molecule has 2 amide bonds. The molecular weight excluding hydrogens is 538 g/mol. The van der Waals surface area contributed by atoms with Gasteiger partial charge in [0.1, 0.15) is 17.1 Å². The maximum absolute atomic E-state index is 13.4. The normalized spacial score (nSPS) is 20.5. The molecule has 2 N–H and O–H groups in total. The first-order chi connectivity index (χ1) is 20.2. The van der Waals surface area contributed by atoms with Crippen LogP contribution in [0.2, 0.25) is 0 Å². The number of hydrogen-bond acceptors (Lipinski definition) is 8. The van der Waals surface area contributed by atoms with E-state index in [1.807, 2.05) is 35.2 Å². The van der Waals surface area contributed by atoms with Crippen molar-refractivity contribution < 1.29 is 33.4 Å². The average molecular weight is 580 g/mol. The first-order valence-corrected chi connectivity index (χ1v) is 14.4. The van der Waals surface area contributed by atoms with Crippen LogP contribution in [0.25, 0.3) is 0 Å². The SMILES string of the molecule is COc1ccc(C(CC(=O)NC(Cc2ccccc2)C(=O)C2(C)CO2)NC(=O)C(C)CC(=O)CN2CCOCC2)cc1. The Balaban J connectivity index is 1.43.